The lowest BCUT2D eigenvalue weighted by molar-refractivity contribution is 0.251. The lowest BCUT2D eigenvalue weighted by atomic mass is 10.3. The van der Waals surface area contributed by atoms with E-state index in [4.69, 9.17) is 4.74 Å². The second-order valence-electron chi connectivity index (χ2n) is 5.79. The Morgan fingerprint density at radius 2 is 1.96 bits per heavy atom. The number of hydrogen-bond acceptors (Lipinski definition) is 5. The van der Waals surface area contributed by atoms with Gasteiger partial charge in [0.1, 0.15) is 17.4 Å². The molecule has 1 aliphatic heterocycles. The van der Waals surface area contributed by atoms with E-state index in [-0.39, 0.29) is 12.6 Å². The molecule has 1 aromatic heterocycles. The van der Waals surface area contributed by atoms with Crippen LogP contribution in [0.3, 0.4) is 0 Å². The van der Waals surface area contributed by atoms with Crippen molar-refractivity contribution in [1.29, 1.82) is 0 Å². The highest BCUT2D eigenvalue weighted by molar-refractivity contribution is 5.89. The van der Waals surface area contributed by atoms with Gasteiger partial charge in [-0.3, -0.25) is 0 Å². The Labute approximate surface area is 147 Å². The first-order valence-electron chi connectivity index (χ1n) is 8.59. The van der Waals surface area contributed by atoms with Crippen LogP contribution in [0.25, 0.3) is 0 Å². The van der Waals surface area contributed by atoms with Crippen LogP contribution in [0.1, 0.15) is 25.6 Å². The van der Waals surface area contributed by atoms with E-state index >= 15 is 0 Å². The van der Waals surface area contributed by atoms with Crippen molar-refractivity contribution in [2.24, 2.45) is 0 Å². The van der Waals surface area contributed by atoms with Gasteiger partial charge in [0.15, 0.2) is 0 Å². The monoisotopic (exact) mass is 341 g/mol. The lowest BCUT2D eigenvalue weighted by Gasteiger charge is -2.16. The average Bonchev–Trinajstić information content (AvgIpc) is 3.17. The average molecular weight is 341 g/mol. The Hall–Kier alpha value is -2.83. The zero-order chi connectivity index (χ0) is 17.5. The van der Waals surface area contributed by atoms with Crippen molar-refractivity contribution in [1.82, 2.24) is 15.3 Å². The van der Waals surface area contributed by atoms with Gasteiger partial charge in [-0.1, -0.05) is 0 Å². The molecule has 0 atom stereocenters. The third-order valence-corrected chi connectivity index (χ3v) is 3.95. The minimum Gasteiger partial charge on any atom is -0.494 e. The zero-order valence-corrected chi connectivity index (χ0v) is 14.4. The summed E-state index contributed by atoms with van der Waals surface area (Å²) < 4.78 is 5.38. The van der Waals surface area contributed by atoms with Crippen LogP contribution in [-0.4, -0.2) is 35.7 Å². The Bertz CT molecular complexity index is 699. The first-order valence-corrected chi connectivity index (χ1v) is 8.59. The first-order chi connectivity index (χ1) is 12.2. The molecule has 3 rings (SSSR count). The molecule has 0 spiro atoms. The number of nitrogens with zero attached hydrogens (tertiary/aromatic N) is 3. The smallest absolute Gasteiger partial charge is 0.319 e. The van der Waals surface area contributed by atoms with Crippen LogP contribution in [0.4, 0.5) is 16.3 Å². The molecule has 2 N–H and O–H groups in total. The van der Waals surface area contributed by atoms with Gasteiger partial charge < -0.3 is 20.3 Å². The second-order valence-corrected chi connectivity index (χ2v) is 5.79. The number of ether oxygens (including phenoxy) is 1. The van der Waals surface area contributed by atoms with Gasteiger partial charge in [0.2, 0.25) is 0 Å². The molecule has 25 heavy (non-hydrogen) atoms. The van der Waals surface area contributed by atoms with Crippen molar-refractivity contribution in [3.8, 4) is 5.75 Å². The summed E-state index contributed by atoms with van der Waals surface area (Å²) in [7, 11) is 0. The van der Waals surface area contributed by atoms with Crippen LogP contribution in [-0.2, 0) is 6.54 Å². The number of benzene rings is 1. The molecule has 1 aromatic carbocycles. The number of carbonyl (C=O) groups excluding carboxylic acids is 1. The van der Waals surface area contributed by atoms with Crippen molar-refractivity contribution in [2.45, 2.75) is 26.3 Å². The largest absolute Gasteiger partial charge is 0.494 e. The van der Waals surface area contributed by atoms with Gasteiger partial charge in [-0.05, 0) is 50.1 Å². The fourth-order valence-electron chi connectivity index (χ4n) is 2.73. The number of aromatic nitrogens is 2. The topological polar surface area (TPSA) is 79.4 Å². The van der Waals surface area contributed by atoms with Crippen molar-refractivity contribution in [3.63, 3.8) is 0 Å². The third kappa shape index (κ3) is 4.82. The molecule has 2 amide bonds. The fraction of sp³-hybridized carbons (Fsp3) is 0.389. The van der Waals surface area contributed by atoms with Crippen LogP contribution >= 0.6 is 0 Å². The molecule has 2 aromatic rings. The number of hydrogen-bond donors (Lipinski definition) is 2. The number of amides is 2. The fourth-order valence-corrected chi connectivity index (χ4v) is 2.73. The minimum absolute atomic E-state index is 0.282. The molecule has 132 valence electrons. The zero-order valence-electron chi connectivity index (χ0n) is 14.4. The molecule has 0 unspecified atom stereocenters. The number of rotatable bonds is 6. The van der Waals surface area contributed by atoms with Crippen molar-refractivity contribution in [3.05, 3.63) is 42.4 Å². The Balaban J connectivity index is 1.51. The van der Waals surface area contributed by atoms with Crippen molar-refractivity contribution >= 4 is 17.5 Å². The van der Waals surface area contributed by atoms with E-state index in [2.05, 4.69) is 25.5 Å². The molecule has 0 saturated carbocycles. The second kappa shape index (κ2) is 8.32. The van der Waals surface area contributed by atoms with E-state index in [9.17, 15) is 4.79 Å². The van der Waals surface area contributed by atoms with Gasteiger partial charge in [0.05, 0.1) is 13.2 Å². The number of nitrogens with one attached hydrogen (secondary N) is 2. The molecule has 1 aliphatic rings. The summed E-state index contributed by atoms with van der Waals surface area (Å²) in [6, 6.07) is 8.86. The van der Waals surface area contributed by atoms with E-state index in [1.165, 1.54) is 12.8 Å². The Kier molecular flexibility index (Phi) is 5.66. The summed E-state index contributed by atoms with van der Waals surface area (Å²) in [6.07, 6.45) is 4.13. The molecule has 0 radical (unpaired) electrons. The highest BCUT2D eigenvalue weighted by Crippen LogP contribution is 2.17. The Morgan fingerprint density at radius 3 is 2.68 bits per heavy atom. The summed E-state index contributed by atoms with van der Waals surface area (Å²) >= 11 is 0. The predicted octanol–water partition coefficient (Wildman–Crippen LogP) is 2.80. The van der Waals surface area contributed by atoms with Crippen molar-refractivity contribution in [2.75, 3.05) is 29.9 Å². The summed E-state index contributed by atoms with van der Waals surface area (Å²) in [6.45, 7) is 4.89. The van der Waals surface area contributed by atoms with Gasteiger partial charge in [-0.25, -0.2) is 14.8 Å². The SMILES string of the molecule is CCOc1ccc(NC(=O)NCc2nccc(N3CCCC3)n2)cc1. The van der Waals surface area contributed by atoms with Crippen LogP contribution in [0, 0.1) is 0 Å². The number of carbonyl (C=O) groups is 1. The highest BCUT2D eigenvalue weighted by Gasteiger charge is 2.14. The molecule has 0 aliphatic carbocycles. The van der Waals surface area contributed by atoms with Gasteiger partial charge in [0.25, 0.3) is 0 Å². The third-order valence-electron chi connectivity index (χ3n) is 3.95. The summed E-state index contributed by atoms with van der Waals surface area (Å²) in [5, 5.41) is 5.56. The lowest BCUT2D eigenvalue weighted by Crippen LogP contribution is -2.29. The van der Waals surface area contributed by atoms with Gasteiger partial charge in [0, 0.05) is 25.0 Å². The minimum atomic E-state index is -0.292. The summed E-state index contributed by atoms with van der Waals surface area (Å²) in [4.78, 5) is 23.0. The van der Waals surface area contributed by atoms with Crippen LogP contribution in [0.15, 0.2) is 36.5 Å². The van der Waals surface area contributed by atoms with Crippen LogP contribution < -0.4 is 20.3 Å². The van der Waals surface area contributed by atoms with E-state index in [0.29, 0.717) is 18.1 Å². The predicted molar refractivity (Wildman–Crippen MR) is 96.9 cm³/mol. The van der Waals surface area contributed by atoms with E-state index in [1.807, 2.05) is 25.1 Å². The normalized spacial score (nSPS) is 13.6. The maximum Gasteiger partial charge on any atom is 0.319 e. The number of anilines is 2. The molecular weight excluding hydrogens is 318 g/mol. The maximum atomic E-state index is 12.0. The molecule has 2 heterocycles. The van der Waals surface area contributed by atoms with Crippen molar-refractivity contribution < 1.29 is 9.53 Å². The molecule has 1 saturated heterocycles. The van der Waals surface area contributed by atoms with Crippen LogP contribution in [0.2, 0.25) is 0 Å². The maximum absolute atomic E-state index is 12.0. The van der Waals surface area contributed by atoms with E-state index < -0.39 is 0 Å². The molecular formula is C18H23N5O2. The molecule has 1 fully saturated rings. The van der Waals surface area contributed by atoms with E-state index in [1.54, 1.807) is 18.3 Å². The highest BCUT2D eigenvalue weighted by atomic mass is 16.5. The van der Waals surface area contributed by atoms with Gasteiger partial charge >= 0.3 is 6.03 Å². The van der Waals surface area contributed by atoms with Crippen LogP contribution in [0.5, 0.6) is 5.75 Å². The summed E-state index contributed by atoms with van der Waals surface area (Å²) in [5.74, 6) is 2.31. The quantitative estimate of drug-likeness (QED) is 0.844. The van der Waals surface area contributed by atoms with Gasteiger partial charge in [-0.15, -0.1) is 0 Å². The molecule has 0 bridgehead atoms. The van der Waals surface area contributed by atoms with Gasteiger partial charge in [-0.2, -0.15) is 0 Å². The molecule has 7 nitrogen and oxygen atoms in total. The molecule has 7 heteroatoms. The number of urea groups is 1. The first kappa shape index (κ1) is 17.0. The van der Waals surface area contributed by atoms with E-state index in [0.717, 1.165) is 24.7 Å². The summed E-state index contributed by atoms with van der Waals surface area (Å²) in [5.41, 5.74) is 0.702. The Morgan fingerprint density at radius 1 is 1.20 bits per heavy atom. The standard InChI is InChI=1S/C18H23N5O2/c1-2-25-15-7-5-14(6-8-15)21-18(24)20-13-16-19-10-9-17(22-16)23-11-3-4-12-23/h5-10H,2-4,11-13H2,1H3,(H2,20,21,24).